The first-order valence-corrected chi connectivity index (χ1v) is 9.50. The number of hydrogen-bond donors (Lipinski definition) is 1. The molecule has 3 nitrogen and oxygen atoms in total. The highest BCUT2D eigenvalue weighted by Gasteiger charge is 2.45. The summed E-state index contributed by atoms with van der Waals surface area (Å²) >= 11 is 1.95. The van der Waals surface area contributed by atoms with E-state index in [1.165, 1.54) is 25.7 Å². The van der Waals surface area contributed by atoms with E-state index in [9.17, 15) is 4.79 Å². The predicted molar refractivity (Wildman–Crippen MR) is 86.9 cm³/mol. The fourth-order valence-electron chi connectivity index (χ4n) is 3.71. The Labute approximate surface area is 128 Å². The summed E-state index contributed by atoms with van der Waals surface area (Å²) in [5.74, 6) is 0.729. The number of rotatable bonds is 5. The SMILES string of the molecule is CCCC1NC(C(C)C)C(=O)N1C1CCCCC1SC. The summed E-state index contributed by atoms with van der Waals surface area (Å²) in [5.41, 5.74) is 0. The summed E-state index contributed by atoms with van der Waals surface area (Å²) in [4.78, 5) is 15.1. The standard InChI is InChI=1S/C16H30N2OS/c1-5-8-14-17-15(11(2)3)16(19)18(14)12-9-6-7-10-13(12)20-4/h11-15,17H,5-10H2,1-4H3. The molecule has 2 aliphatic rings. The molecule has 2 rings (SSSR count). The fourth-order valence-corrected chi connectivity index (χ4v) is 4.70. The van der Waals surface area contributed by atoms with Gasteiger partial charge in [-0.15, -0.1) is 0 Å². The largest absolute Gasteiger partial charge is 0.322 e. The summed E-state index contributed by atoms with van der Waals surface area (Å²) in [6, 6.07) is 0.468. The number of carbonyl (C=O) groups is 1. The van der Waals surface area contributed by atoms with Crippen LogP contribution in [0.3, 0.4) is 0 Å². The van der Waals surface area contributed by atoms with Gasteiger partial charge in [0.1, 0.15) is 0 Å². The second-order valence-corrected chi connectivity index (χ2v) is 7.64. The number of hydrogen-bond acceptors (Lipinski definition) is 3. The lowest BCUT2D eigenvalue weighted by atomic mass is 9.92. The molecule has 1 saturated heterocycles. The summed E-state index contributed by atoms with van der Waals surface area (Å²) in [6.45, 7) is 6.50. The molecule has 1 N–H and O–H groups in total. The molecule has 1 aliphatic carbocycles. The van der Waals surface area contributed by atoms with E-state index in [0.29, 0.717) is 23.1 Å². The maximum atomic E-state index is 12.8. The van der Waals surface area contributed by atoms with Crippen molar-refractivity contribution in [3.8, 4) is 0 Å². The lowest BCUT2D eigenvalue weighted by molar-refractivity contribution is -0.133. The molecule has 0 aromatic rings. The van der Waals surface area contributed by atoms with Crippen LogP contribution in [-0.4, -0.2) is 40.6 Å². The zero-order valence-corrected chi connectivity index (χ0v) is 14.2. The zero-order chi connectivity index (χ0) is 14.7. The minimum atomic E-state index is 0.0241. The highest BCUT2D eigenvalue weighted by molar-refractivity contribution is 7.99. The second-order valence-electron chi connectivity index (χ2n) is 6.56. The Bertz CT molecular complexity index is 334. The van der Waals surface area contributed by atoms with Gasteiger partial charge in [0.2, 0.25) is 5.91 Å². The van der Waals surface area contributed by atoms with Crippen LogP contribution >= 0.6 is 11.8 Å². The van der Waals surface area contributed by atoms with Gasteiger partial charge in [-0.3, -0.25) is 10.1 Å². The van der Waals surface area contributed by atoms with Crippen LogP contribution in [0.4, 0.5) is 0 Å². The Morgan fingerprint density at radius 2 is 2.05 bits per heavy atom. The third-order valence-electron chi connectivity index (χ3n) is 4.78. The Morgan fingerprint density at radius 3 is 2.65 bits per heavy atom. The van der Waals surface area contributed by atoms with Crippen LogP contribution in [0.25, 0.3) is 0 Å². The molecule has 1 amide bonds. The average molecular weight is 298 g/mol. The summed E-state index contributed by atoms with van der Waals surface area (Å²) in [5, 5.41) is 4.23. The first-order valence-electron chi connectivity index (χ1n) is 8.21. The zero-order valence-electron chi connectivity index (χ0n) is 13.4. The maximum Gasteiger partial charge on any atom is 0.241 e. The smallest absolute Gasteiger partial charge is 0.241 e. The molecule has 0 aromatic heterocycles. The van der Waals surface area contributed by atoms with E-state index < -0.39 is 0 Å². The fraction of sp³-hybridized carbons (Fsp3) is 0.938. The van der Waals surface area contributed by atoms with E-state index in [1.54, 1.807) is 0 Å². The van der Waals surface area contributed by atoms with Gasteiger partial charge in [0.05, 0.1) is 12.2 Å². The first kappa shape index (κ1) is 16.2. The molecule has 2 fully saturated rings. The molecule has 20 heavy (non-hydrogen) atoms. The molecule has 4 unspecified atom stereocenters. The summed E-state index contributed by atoms with van der Waals surface area (Å²) < 4.78 is 0. The molecule has 0 aromatic carbocycles. The van der Waals surface area contributed by atoms with Crippen molar-refractivity contribution in [2.75, 3.05) is 6.26 Å². The molecule has 1 heterocycles. The van der Waals surface area contributed by atoms with Crippen molar-refractivity contribution in [1.29, 1.82) is 0 Å². The van der Waals surface area contributed by atoms with Gasteiger partial charge in [0.25, 0.3) is 0 Å². The normalized spacial score (nSPS) is 35.0. The highest BCUT2D eigenvalue weighted by atomic mass is 32.2. The van der Waals surface area contributed by atoms with Gasteiger partial charge in [-0.1, -0.05) is 40.0 Å². The van der Waals surface area contributed by atoms with Crippen LogP contribution in [0, 0.1) is 5.92 Å². The van der Waals surface area contributed by atoms with Gasteiger partial charge in [-0.05, 0) is 31.4 Å². The van der Waals surface area contributed by atoms with Crippen molar-refractivity contribution >= 4 is 17.7 Å². The van der Waals surface area contributed by atoms with Gasteiger partial charge in [0.15, 0.2) is 0 Å². The Kier molecular flexibility index (Phi) is 5.79. The van der Waals surface area contributed by atoms with Crippen LogP contribution in [0.15, 0.2) is 0 Å². The maximum absolute atomic E-state index is 12.8. The van der Waals surface area contributed by atoms with E-state index in [4.69, 9.17) is 0 Å². The predicted octanol–water partition coefficient (Wildman–Crippen LogP) is 3.24. The molecule has 116 valence electrons. The Balaban J connectivity index is 2.18. The van der Waals surface area contributed by atoms with Gasteiger partial charge >= 0.3 is 0 Å². The monoisotopic (exact) mass is 298 g/mol. The van der Waals surface area contributed by atoms with Crippen molar-refractivity contribution in [3.63, 3.8) is 0 Å². The lowest BCUT2D eigenvalue weighted by Gasteiger charge is -2.40. The third kappa shape index (κ3) is 3.16. The second kappa shape index (κ2) is 7.17. The Hall–Kier alpha value is -0.220. The van der Waals surface area contributed by atoms with Crippen molar-refractivity contribution in [3.05, 3.63) is 0 Å². The van der Waals surface area contributed by atoms with Crippen molar-refractivity contribution in [2.24, 2.45) is 5.92 Å². The van der Waals surface area contributed by atoms with Gasteiger partial charge in [-0.25, -0.2) is 0 Å². The minimum Gasteiger partial charge on any atom is -0.322 e. The van der Waals surface area contributed by atoms with E-state index in [2.05, 4.69) is 37.2 Å². The quantitative estimate of drug-likeness (QED) is 0.845. The number of amides is 1. The minimum absolute atomic E-state index is 0.0241. The first-order chi connectivity index (χ1) is 9.60. The van der Waals surface area contributed by atoms with E-state index in [0.717, 1.165) is 12.8 Å². The molecule has 1 aliphatic heterocycles. The molecule has 0 spiro atoms. The molecule has 4 atom stereocenters. The topological polar surface area (TPSA) is 32.3 Å². The van der Waals surface area contributed by atoms with E-state index >= 15 is 0 Å². The van der Waals surface area contributed by atoms with Gasteiger partial charge in [0, 0.05) is 11.3 Å². The van der Waals surface area contributed by atoms with Crippen molar-refractivity contribution in [2.45, 2.75) is 82.8 Å². The molecular formula is C16H30N2OS. The molecule has 1 saturated carbocycles. The number of nitrogens with one attached hydrogen (secondary N) is 1. The number of thioether (sulfide) groups is 1. The van der Waals surface area contributed by atoms with Gasteiger partial charge in [-0.2, -0.15) is 11.8 Å². The van der Waals surface area contributed by atoms with Crippen molar-refractivity contribution < 1.29 is 4.79 Å². The Morgan fingerprint density at radius 1 is 1.35 bits per heavy atom. The molecule has 0 radical (unpaired) electrons. The van der Waals surface area contributed by atoms with Crippen LogP contribution in [0.1, 0.15) is 59.3 Å². The van der Waals surface area contributed by atoms with E-state index in [-0.39, 0.29) is 12.2 Å². The molecular weight excluding hydrogens is 268 g/mol. The third-order valence-corrected chi connectivity index (χ3v) is 5.94. The lowest BCUT2D eigenvalue weighted by Crippen LogP contribution is -2.50. The van der Waals surface area contributed by atoms with Gasteiger partial charge < -0.3 is 4.90 Å². The van der Waals surface area contributed by atoms with Crippen LogP contribution in [0.5, 0.6) is 0 Å². The summed E-state index contributed by atoms with van der Waals surface area (Å²) in [7, 11) is 0. The van der Waals surface area contributed by atoms with Crippen LogP contribution < -0.4 is 5.32 Å². The molecule has 4 heteroatoms. The number of carbonyl (C=O) groups excluding carboxylic acids is 1. The number of nitrogens with zero attached hydrogens (tertiary/aromatic N) is 1. The summed E-state index contributed by atoms with van der Waals surface area (Å²) in [6.07, 6.45) is 9.71. The average Bonchev–Trinajstić information content (AvgIpc) is 2.76. The van der Waals surface area contributed by atoms with Crippen LogP contribution in [-0.2, 0) is 4.79 Å². The van der Waals surface area contributed by atoms with Crippen LogP contribution in [0.2, 0.25) is 0 Å². The van der Waals surface area contributed by atoms with E-state index in [1.807, 2.05) is 11.8 Å². The van der Waals surface area contributed by atoms with Crippen molar-refractivity contribution in [1.82, 2.24) is 10.2 Å². The highest BCUT2D eigenvalue weighted by Crippen LogP contribution is 2.34. The molecule has 0 bridgehead atoms.